The molecular formula is C26H32FN5O2S. The van der Waals surface area contributed by atoms with Crippen molar-refractivity contribution in [3.8, 4) is 0 Å². The van der Waals surface area contributed by atoms with Gasteiger partial charge in [-0.2, -0.15) is 0 Å². The summed E-state index contributed by atoms with van der Waals surface area (Å²) >= 11 is 1.49. The molecule has 1 N–H and O–H groups in total. The highest BCUT2D eigenvalue weighted by Crippen LogP contribution is 2.28. The lowest BCUT2D eigenvalue weighted by molar-refractivity contribution is 0.0913. The standard InChI is InChI=1S/C26H32FN5O2S/c1-17(2)21-15-24(32-13-11-31(12-14-32)22-8-6-5-7-20(22)27)30-26(29-21)35-16-19-9-10-23(34-19)25(33)28-18(3)4/h5-10,15,17-18H,11-14,16H2,1-4H3,(H,28,33). The Morgan fingerprint density at radius 1 is 1.06 bits per heavy atom. The van der Waals surface area contributed by atoms with Crippen LogP contribution in [0.5, 0.6) is 0 Å². The molecule has 35 heavy (non-hydrogen) atoms. The van der Waals surface area contributed by atoms with E-state index in [0.717, 1.165) is 37.7 Å². The maximum atomic E-state index is 14.2. The Hall–Kier alpha value is -3.07. The van der Waals surface area contributed by atoms with Gasteiger partial charge in [-0.25, -0.2) is 14.4 Å². The molecule has 1 aliphatic rings. The fourth-order valence-electron chi connectivity index (χ4n) is 3.88. The van der Waals surface area contributed by atoms with E-state index < -0.39 is 0 Å². The third-order valence-electron chi connectivity index (χ3n) is 5.75. The quantitative estimate of drug-likeness (QED) is 0.343. The summed E-state index contributed by atoms with van der Waals surface area (Å²) in [6.45, 7) is 11.0. The largest absolute Gasteiger partial charge is 0.455 e. The number of aromatic nitrogens is 2. The number of anilines is 2. The lowest BCUT2D eigenvalue weighted by atomic mass is 10.1. The first-order valence-electron chi connectivity index (χ1n) is 12.0. The van der Waals surface area contributed by atoms with E-state index in [-0.39, 0.29) is 23.7 Å². The molecule has 3 heterocycles. The summed E-state index contributed by atoms with van der Waals surface area (Å²) in [5.41, 5.74) is 1.62. The molecule has 0 spiro atoms. The van der Waals surface area contributed by atoms with E-state index in [0.29, 0.717) is 28.1 Å². The van der Waals surface area contributed by atoms with E-state index in [2.05, 4.69) is 35.0 Å². The molecule has 0 atom stereocenters. The van der Waals surface area contributed by atoms with E-state index >= 15 is 0 Å². The second kappa shape index (κ2) is 11.1. The number of thioether (sulfide) groups is 1. The molecule has 1 amide bonds. The Morgan fingerprint density at radius 3 is 2.46 bits per heavy atom. The van der Waals surface area contributed by atoms with Crippen molar-refractivity contribution in [3.63, 3.8) is 0 Å². The van der Waals surface area contributed by atoms with Crippen LogP contribution in [-0.4, -0.2) is 48.1 Å². The van der Waals surface area contributed by atoms with Gasteiger partial charge in [0.15, 0.2) is 10.9 Å². The molecule has 3 aromatic rings. The van der Waals surface area contributed by atoms with Gasteiger partial charge in [-0.3, -0.25) is 4.79 Å². The van der Waals surface area contributed by atoms with Crippen LogP contribution in [0.4, 0.5) is 15.9 Å². The summed E-state index contributed by atoms with van der Waals surface area (Å²) in [7, 11) is 0. The number of amides is 1. The highest BCUT2D eigenvalue weighted by atomic mass is 32.2. The number of hydrogen-bond donors (Lipinski definition) is 1. The Labute approximate surface area is 210 Å². The van der Waals surface area contributed by atoms with Crippen molar-refractivity contribution in [2.75, 3.05) is 36.0 Å². The molecule has 9 heteroatoms. The van der Waals surface area contributed by atoms with Crippen LogP contribution in [0.1, 0.15) is 55.6 Å². The van der Waals surface area contributed by atoms with E-state index in [9.17, 15) is 9.18 Å². The van der Waals surface area contributed by atoms with Gasteiger partial charge >= 0.3 is 0 Å². The van der Waals surface area contributed by atoms with Crippen LogP contribution in [-0.2, 0) is 5.75 Å². The van der Waals surface area contributed by atoms with Gasteiger partial charge in [0.2, 0.25) is 0 Å². The molecule has 2 aromatic heterocycles. The predicted molar refractivity (Wildman–Crippen MR) is 138 cm³/mol. The van der Waals surface area contributed by atoms with Gasteiger partial charge in [-0.15, -0.1) is 0 Å². The van der Waals surface area contributed by atoms with Gasteiger partial charge in [0.05, 0.1) is 11.4 Å². The number of halogens is 1. The lowest BCUT2D eigenvalue weighted by Crippen LogP contribution is -2.47. The number of hydrogen-bond acceptors (Lipinski definition) is 7. The van der Waals surface area contributed by atoms with Crippen LogP contribution in [0.3, 0.4) is 0 Å². The number of para-hydroxylation sites is 1. The zero-order chi connectivity index (χ0) is 24.9. The second-order valence-corrected chi connectivity index (χ2v) is 10.1. The summed E-state index contributed by atoms with van der Waals surface area (Å²) in [4.78, 5) is 26.0. The number of rotatable bonds is 8. The fraction of sp³-hybridized carbons (Fsp3) is 0.423. The average molecular weight is 498 g/mol. The zero-order valence-electron chi connectivity index (χ0n) is 20.6. The first kappa shape index (κ1) is 25.0. The van der Waals surface area contributed by atoms with Gasteiger partial charge < -0.3 is 19.5 Å². The number of carbonyl (C=O) groups is 1. The molecular weight excluding hydrogens is 465 g/mol. The molecule has 0 aliphatic carbocycles. The van der Waals surface area contributed by atoms with Crippen molar-refractivity contribution >= 4 is 29.2 Å². The molecule has 7 nitrogen and oxygen atoms in total. The topological polar surface area (TPSA) is 74.5 Å². The fourth-order valence-corrected chi connectivity index (χ4v) is 4.64. The minimum atomic E-state index is -0.217. The molecule has 186 valence electrons. The molecule has 1 aromatic carbocycles. The number of carbonyl (C=O) groups excluding carboxylic acids is 1. The van der Waals surface area contributed by atoms with Crippen molar-refractivity contribution < 1.29 is 13.6 Å². The molecule has 1 aliphatic heterocycles. The van der Waals surface area contributed by atoms with Crippen LogP contribution in [0.2, 0.25) is 0 Å². The van der Waals surface area contributed by atoms with E-state index in [1.165, 1.54) is 17.8 Å². The molecule has 1 saturated heterocycles. The van der Waals surface area contributed by atoms with Crippen LogP contribution >= 0.6 is 11.8 Å². The van der Waals surface area contributed by atoms with Gasteiger partial charge in [0.1, 0.15) is 17.4 Å². The summed E-state index contributed by atoms with van der Waals surface area (Å²) in [5, 5.41) is 3.51. The molecule has 0 bridgehead atoms. The smallest absolute Gasteiger partial charge is 0.287 e. The van der Waals surface area contributed by atoms with E-state index in [1.807, 2.05) is 32.0 Å². The predicted octanol–water partition coefficient (Wildman–Crippen LogP) is 5.09. The third kappa shape index (κ3) is 6.33. The Kier molecular flexibility index (Phi) is 7.95. The number of piperazine rings is 1. The molecule has 0 unspecified atom stereocenters. The highest BCUT2D eigenvalue weighted by Gasteiger charge is 2.22. The molecule has 4 rings (SSSR count). The van der Waals surface area contributed by atoms with Crippen molar-refractivity contribution in [2.24, 2.45) is 0 Å². The van der Waals surface area contributed by atoms with Crippen LogP contribution < -0.4 is 15.1 Å². The number of furan rings is 1. The van der Waals surface area contributed by atoms with Crippen molar-refractivity contribution in [3.05, 3.63) is 65.5 Å². The maximum Gasteiger partial charge on any atom is 0.287 e. The maximum absolute atomic E-state index is 14.2. The summed E-state index contributed by atoms with van der Waals surface area (Å²) in [5.74, 6) is 2.26. The lowest BCUT2D eigenvalue weighted by Gasteiger charge is -2.37. The SMILES string of the molecule is CC(C)NC(=O)c1ccc(CSc2nc(C(C)C)cc(N3CCN(c4ccccc4F)CC3)n2)o1. The van der Waals surface area contributed by atoms with Crippen molar-refractivity contribution in [1.29, 1.82) is 0 Å². The number of benzene rings is 1. The van der Waals surface area contributed by atoms with E-state index in [4.69, 9.17) is 14.4 Å². The van der Waals surface area contributed by atoms with Gasteiger partial charge in [-0.05, 0) is 44.0 Å². The van der Waals surface area contributed by atoms with Crippen molar-refractivity contribution in [2.45, 2.75) is 50.6 Å². The Balaban J connectivity index is 1.43. The molecule has 0 saturated carbocycles. The molecule has 0 radical (unpaired) electrons. The third-order valence-corrected chi connectivity index (χ3v) is 6.62. The number of nitrogens with zero attached hydrogens (tertiary/aromatic N) is 4. The van der Waals surface area contributed by atoms with Crippen molar-refractivity contribution in [1.82, 2.24) is 15.3 Å². The summed E-state index contributed by atoms with van der Waals surface area (Å²) in [6.07, 6.45) is 0. The minimum Gasteiger partial charge on any atom is -0.455 e. The van der Waals surface area contributed by atoms with Gasteiger partial charge in [-0.1, -0.05) is 37.7 Å². The average Bonchev–Trinajstić information content (AvgIpc) is 3.32. The van der Waals surface area contributed by atoms with Crippen LogP contribution in [0.15, 0.2) is 52.0 Å². The first-order valence-corrected chi connectivity index (χ1v) is 12.9. The summed E-state index contributed by atoms with van der Waals surface area (Å²) in [6, 6.07) is 12.5. The highest BCUT2D eigenvalue weighted by molar-refractivity contribution is 7.98. The van der Waals surface area contributed by atoms with Gasteiger partial charge in [0, 0.05) is 44.0 Å². The second-order valence-electron chi connectivity index (χ2n) is 9.20. The van der Waals surface area contributed by atoms with Crippen LogP contribution in [0, 0.1) is 5.82 Å². The van der Waals surface area contributed by atoms with E-state index in [1.54, 1.807) is 12.1 Å². The molecule has 1 fully saturated rings. The number of nitrogens with one attached hydrogen (secondary N) is 1. The zero-order valence-corrected chi connectivity index (χ0v) is 21.4. The Morgan fingerprint density at radius 2 is 1.77 bits per heavy atom. The first-order chi connectivity index (χ1) is 16.8. The Bertz CT molecular complexity index is 1160. The normalized spacial score (nSPS) is 14.1. The minimum absolute atomic E-state index is 0.0459. The van der Waals surface area contributed by atoms with Gasteiger partial charge in [0.25, 0.3) is 5.91 Å². The monoisotopic (exact) mass is 497 g/mol. The summed E-state index contributed by atoms with van der Waals surface area (Å²) < 4.78 is 19.9. The van der Waals surface area contributed by atoms with Crippen LogP contribution in [0.25, 0.3) is 0 Å².